The van der Waals surface area contributed by atoms with Crippen LogP contribution in [0.1, 0.15) is 6.92 Å². The van der Waals surface area contributed by atoms with E-state index < -0.39 is 0 Å². The second-order valence-corrected chi connectivity index (χ2v) is 5.58. The fourth-order valence-electron chi connectivity index (χ4n) is 2.01. The Morgan fingerprint density at radius 2 is 1.95 bits per heavy atom. The predicted molar refractivity (Wildman–Crippen MR) is 91.5 cm³/mol. The SMILES string of the molecule is CCN(CC(=O)Nc1cccc(Br)c1)c1ccc(N)cc1. The highest BCUT2D eigenvalue weighted by Crippen LogP contribution is 2.17. The lowest BCUT2D eigenvalue weighted by molar-refractivity contribution is -0.115. The van der Waals surface area contributed by atoms with Crippen LogP contribution in [-0.2, 0) is 4.79 Å². The maximum absolute atomic E-state index is 12.1. The summed E-state index contributed by atoms with van der Waals surface area (Å²) in [4.78, 5) is 14.1. The molecule has 2 aromatic rings. The molecule has 4 nitrogen and oxygen atoms in total. The highest BCUT2D eigenvalue weighted by molar-refractivity contribution is 9.10. The molecule has 3 N–H and O–H groups in total. The summed E-state index contributed by atoms with van der Waals surface area (Å²) >= 11 is 3.39. The number of hydrogen-bond acceptors (Lipinski definition) is 3. The van der Waals surface area contributed by atoms with Gasteiger partial charge in [-0.2, -0.15) is 0 Å². The number of halogens is 1. The van der Waals surface area contributed by atoms with Crippen molar-refractivity contribution in [3.8, 4) is 0 Å². The average Bonchev–Trinajstić information content (AvgIpc) is 2.46. The van der Waals surface area contributed by atoms with Crippen molar-refractivity contribution in [1.82, 2.24) is 0 Å². The molecule has 2 aromatic carbocycles. The van der Waals surface area contributed by atoms with Gasteiger partial charge in [-0.05, 0) is 49.4 Å². The summed E-state index contributed by atoms with van der Waals surface area (Å²) < 4.78 is 0.936. The molecule has 0 aromatic heterocycles. The Morgan fingerprint density at radius 1 is 1.24 bits per heavy atom. The van der Waals surface area contributed by atoms with Gasteiger partial charge in [-0.3, -0.25) is 4.79 Å². The Kier molecular flexibility index (Phi) is 5.22. The molecule has 0 heterocycles. The van der Waals surface area contributed by atoms with Gasteiger partial charge in [0, 0.05) is 28.1 Å². The number of anilines is 3. The van der Waals surface area contributed by atoms with Gasteiger partial charge in [0.05, 0.1) is 6.54 Å². The van der Waals surface area contributed by atoms with E-state index in [1.54, 1.807) is 0 Å². The van der Waals surface area contributed by atoms with E-state index in [2.05, 4.69) is 21.2 Å². The van der Waals surface area contributed by atoms with Crippen LogP contribution in [0.15, 0.2) is 53.0 Å². The van der Waals surface area contributed by atoms with Crippen molar-refractivity contribution in [2.45, 2.75) is 6.92 Å². The largest absolute Gasteiger partial charge is 0.399 e. The molecule has 0 aliphatic carbocycles. The highest BCUT2D eigenvalue weighted by Gasteiger charge is 2.10. The van der Waals surface area contributed by atoms with Gasteiger partial charge >= 0.3 is 0 Å². The quantitative estimate of drug-likeness (QED) is 0.813. The number of nitrogens with zero attached hydrogens (tertiary/aromatic N) is 1. The molecule has 0 unspecified atom stereocenters. The lowest BCUT2D eigenvalue weighted by atomic mass is 10.2. The first-order chi connectivity index (χ1) is 10.1. The summed E-state index contributed by atoms with van der Waals surface area (Å²) in [6.07, 6.45) is 0. The van der Waals surface area contributed by atoms with E-state index in [9.17, 15) is 4.79 Å². The first-order valence-electron chi connectivity index (χ1n) is 6.74. The summed E-state index contributed by atoms with van der Waals surface area (Å²) in [5.41, 5.74) is 8.16. The first kappa shape index (κ1) is 15.4. The molecule has 21 heavy (non-hydrogen) atoms. The fourth-order valence-corrected chi connectivity index (χ4v) is 2.41. The van der Waals surface area contributed by atoms with Crippen molar-refractivity contribution in [2.24, 2.45) is 0 Å². The van der Waals surface area contributed by atoms with Crippen molar-refractivity contribution in [2.75, 3.05) is 29.0 Å². The number of hydrogen-bond donors (Lipinski definition) is 2. The van der Waals surface area contributed by atoms with Crippen molar-refractivity contribution in [1.29, 1.82) is 0 Å². The van der Waals surface area contributed by atoms with Gasteiger partial charge in [0.2, 0.25) is 5.91 Å². The van der Waals surface area contributed by atoms with Gasteiger partial charge in [0.1, 0.15) is 0 Å². The maximum Gasteiger partial charge on any atom is 0.243 e. The minimum atomic E-state index is -0.0493. The minimum Gasteiger partial charge on any atom is -0.399 e. The summed E-state index contributed by atoms with van der Waals surface area (Å²) in [6, 6.07) is 15.1. The molecule has 0 bridgehead atoms. The Bertz CT molecular complexity index is 613. The van der Waals surface area contributed by atoms with Crippen LogP contribution in [-0.4, -0.2) is 19.0 Å². The first-order valence-corrected chi connectivity index (χ1v) is 7.53. The van der Waals surface area contributed by atoms with Crippen LogP contribution in [0, 0.1) is 0 Å². The van der Waals surface area contributed by atoms with E-state index in [0.29, 0.717) is 12.2 Å². The second kappa shape index (κ2) is 7.13. The van der Waals surface area contributed by atoms with Gasteiger partial charge in [-0.1, -0.05) is 22.0 Å². The molecule has 0 atom stereocenters. The zero-order valence-electron chi connectivity index (χ0n) is 11.8. The molecule has 0 aliphatic rings. The number of benzene rings is 2. The van der Waals surface area contributed by atoms with E-state index in [0.717, 1.165) is 22.4 Å². The van der Waals surface area contributed by atoms with Crippen molar-refractivity contribution < 1.29 is 4.79 Å². The smallest absolute Gasteiger partial charge is 0.243 e. The van der Waals surface area contributed by atoms with E-state index in [1.807, 2.05) is 60.4 Å². The topological polar surface area (TPSA) is 58.4 Å². The molecule has 0 aliphatic heterocycles. The minimum absolute atomic E-state index is 0.0493. The number of nitrogen functional groups attached to an aromatic ring is 1. The number of nitrogens with one attached hydrogen (secondary N) is 1. The van der Waals surface area contributed by atoms with Gasteiger partial charge in [0.15, 0.2) is 0 Å². The molecule has 0 fully saturated rings. The predicted octanol–water partition coefficient (Wildman–Crippen LogP) is 3.50. The molecule has 0 radical (unpaired) electrons. The molecular formula is C16H18BrN3O. The Hall–Kier alpha value is -2.01. The number of carbonyl (C=O) groups is 1. The number of nitrogens with two attached hydrogens (primary N) is 1. The molecule has 0 saturated carbocycles. The lowest BCUT2D eigenvalue weighted by Crippen LogP contribution is -2.33. The maximum atomic E-state index is 12.1. The summed E-state index contributed by atoms with van der Waals surface area (Å²) in [5, 5.41) is 2.89. The van der Waals surface area contributed by atoms with Crippen LogP contribution in [0.4, 0.5) is 17.1 Å². The van der Waals surface area contributed by atoms with Crippen LogP contribution in [0.3, 0.4) is 0 Å². The van der Waals surface area contributed by atoms with E-state index in [4.69, 9.17) is 5.73 Å². The van der Waals surface area contributed by atoms with Crippen LogP contribution in [0.5, 0.6) is 0 Å². The molecule has 2 rings (SSSR count). The second-order valence-electron chi connectivity index (χ2n) is 4.66. The van der Waals surface area contributed by atoms with Gasteiger partial charge in [-0.25, -0.2) is 0 Å². The van der Waals surface area contributed by atoms with Crippen LogP contribution in [0.2, 0.25) is 0 Å². The van der Waals surface area contributed by atoms with Gasteiger partial charge < -0.3 is 16.0 Å². The third kappa shape index (κ3) is 4.49. The molecule has 5 heteroatoms. The molecule has 0 spiro atoms. The van der Waals surface area contributed by atoms with Crippen LogP contribution in [0.25, 0.3) is 0 Å². The van der Waals surface area contributed by atoms with Crippen molar-refractivity contribution >= 4 is 38.9 Å². The summed E-state index contributed by atoms with van der Waals surface area (Å²) in [7, 11) is 0. The summed E-state index contributed by atoms with van der Waals surface area (Å²) in [6.45, 7) is 3.06. The Balaban J connectivity index is 2.01. The average molecular weight is 348 g/mol. The fraction of sp³-hybridized carbons (Fsp3) is 0.188. The number of likely N-dealkylation sites (N-methyl/N-ethyl adjacent to an activating group) is 1. The third-order valence-electron chi connectivity index (χ3n) is 3.08. The van der Waals surface area contributed by atoms with Crippen LogP contribution >= 0.6 is 15.9 Å². The van der Waals surface area contributed by atoms with Gasteiger partial charge in [-0.15, -0.1) is 0 Å². The third-order valence-corrected chi connectivity index (χ3v) is 3.58. The highest BCUT2D eigenvalue weighted by atomic mass is 79.9. The van der Waals surface area contributed by atoms with Gasteiger partial charge in [0.25, 0.3) is 0 Å². The molecule has 1 amide bonds. The zero-order valence-corrected chi connectivity index (χ0v) is 13.4. The van der Waals surface area contributed by atoms with E-state index >= 15 is 0 Å². The van der Waals surface area contributed by atoms with Crippen molar-refractivity contribution in [3.05, 3.63) is 53.0 Å². The number of rotatable bonds is 5. The molecule has 0 saturated heterocycles. The number of amides is 1. The van der Waals surface area contributed by atoms with E-state index in [1.165, 1.54) is 0 Å². The summed E-state index contributed by atoms with van der Waals surface area (Å²) in [5.74, 6) is -0.0493. The van der Waals surface area contributed by atoms with Crippen molar-refractivity contribution in [3.63, 3.8) is 0 Å². The van der Waals surface area contributed by atoms with E-state index in [-0.39, 0.29) is 5.91 Å². The normalized spacial score (nSPS) is 10.2. The monoisotopic (exact) mass is 347 g/mol. The standard InChI is InChI=1S/C16H18BrN3O/c1-2-20(15-8-6-13(18)7-9-15)11-16(21)19-14-5-3-4-12(17)10-14/h3-10H,2,11,18H2,1H3,(H,19,21). The zero-order chi connectivity index (χ0) is 15.2. The lowest BCUT2D eigenvalue weighted by Gasteiger charge is -2.22. The molecule has 110 valence electrons. The Morgan fingerprint density at radius 3 is 2.57 bits per heavy atom. The number of carbonyl (C=O) groups excluding carboxylic acids is 1. The van der Waals surface area contributed by atoms with Crippen LogP contribution < -0.4 is 16.0 Å². The molecular weight excluding hydrogens is 330 g/mol. The Labute approximate surface area is 133 Å².